The van der Waals surface area contributed by atoms with Gasteiger partial charge in [-0.05, 0) is 42.5 Å². The minimum absolute atomic E-state index is 0.266. The Bertz CT molecular complexity index is 1250. The van der Waals surface area contributed by atoms with Crippen molar-refractivity contribution in [2.45, 2.75) is 12.1 Å². The summed E-state index contributed by atoms with van der Waals surface area (Å²) in [4.78, 5) is 42.1. The SMILES string of the molecule is COc1ccc(C(=O)[C@@H]2[C@@H]3C(=O)N(c4ccc5c(c4)OCCO5)C(=O)[C@H]3[C@H]3C=CC=NN32)cc1. The lowest BCUT2D eigenvalue weighted by atomic mass is 9.86. The third-order valence-corrected chi connectivity index (χ3v) is 6.72. The molecule has 0 spiro atoms. The Hall–Kier alpha value is -4.14. The number of carbonyl (C=O) groups is 3. The summed E-state index contributed by atoms with van der Waals surface area (Å²) in [5.41, 5.74) is 0.826. The zero-order valence-electron chi connectivity index (χ0n) is 18.3. The first-order valence-corrected chi connectivity index (χ1v) is 11.0. The van der Waals surface area contributed by atoms with E-state index in [0.717, 1.165) is 0 Å². The van der Waals surface area contributed by atoms with Gasteiger partial charge < -0.3 is 14.2 Å². The fraction of sp³-hybridized carbons (Fsp3) is 0.280. The fourth-order valence-corrected chi connectivity index (χ4v) is 5.19. The highest BCUT2D eigenvalue weighted by Crippen LogP contribution is 2.47. The summed E-state index contributed by atoms with van der Waals surface area (Å²) in [7, 11) is 1.55. The van der Waals surface area contributed by atoms with Gasteiger partial charge in [-0.25, -0.2) is 4.90 Å². The predicted octanol–water partition coefficient (Wildman–Crippen LogP) is 2.06. The zero-order chi connectivity index (χ0) is 23.4. The van der Waals surface area contributed by atoms with Gasteiger partial charge in [-0.15, -0.1) is 0 Å². The van der Waals surface area contributed by atoms with Crippen LogP contribution < -0.4 is 19.1 Å². The molecule has 4 heterocycles. The van der Waals surface area contributed by atoms with Crippen LogP contribution in [0.15, 0.2) is 59.7 Å². The van der Waals surface area contributed by atoms with Crippen LogP contribution in [0.1, 0.15) is 10.4 Å². The van der Waals surface area contributed by atoms with Crippen molar-refractivity contribution in [3.05, 3.63) is 60.2 Å². The van der Waals surface area contributed by atoms with Crippen molar-refractivity contribution < 1.29 is 28.6 Å². The number of benzene rings is 2. The Balaban J connectivity index is 1.38. The van der Waals surface area contributed by atoms with E-state index >= 15 is 0 Å². The molecule has 2 amide bonds. The molecular formula is C25H21N3O6. The standard InChI is InChI=1S/C25H21N3O6/c1-32-16-7-4-14(5-8-16)23(29)22-21-20(17-3-2-10-26-28(17)22)24(30)27(25(21)31)15-6-9-18-19(13-15)34-12-11-33-18/h2-10,13,17,20-22H,11-12H2,1H3/t17-,20+,21-,22+/m1/s1. The molecule has 4 aliphatic rings. The molecule has 9 heteroatoms. The van der Waals surface area contributed by atoms with Crippen molar-refractivity contribution in [3.8, 4) is 17.2 Å². The minimum Gasteiger partial charge on any atom is -0.497 e. The molecule has 0 unspecified atom stereocenters. The number of anilines is 1. The Kier molecular flexibility index (Phi) is 4.65. The number of methoxy groups -OCH3 is 1. The Morgan fingerprint density at radius 1 is 1.00 bits per heavy atom. The van der Waals surface area contributed by atoms with E-state index in [0.29, 0.717) is 41.7 Å². The summed E-state index contributed by atoms with van der Waals surface area (Å²) in [6.45, 7) is 0.833. The van der Waals surface area contributed by atoms with Gasteiger partial charge in [0.25, 0.3) is 0 Å². The van der Waals surface area contributed by atoms with Crippen molar-refractivity contribution in [1.29, 1.82) is 0 Å². The third-order valence-electron chi connectivity index (χ3n) is 6.72. The highest BCUT2D eigenvalue weighted by atomic mass is 16.6. The van der Waals surface area contributed by atoms with Crippen molar-refractivity contribution in [1.82, 2.24) is 5.01 Å². The van der Waals surface area contributed by atoms with E-state index in [1.165, 1.54) is 4.90 Å². The molecule has 0 radical (unpaired) electrons. The van der Waals surface area contributed by atoms with E-state index in [4.69, 9.17) is 14.2 Å². The molecule has 0 aromatic heterocycles. The van der Waals surface area contributed by atoms with Gasteiger partial charge in [-0.3, -0.25) is 19.4 Å². The van der Waals surface area contributed by atoms with E-state index in [9.17, 15) is 14.4 Å². The summed E-state index contributed by atoms with van der Waals surface area (Å²) >= 11 is 0. The molecule has 34 heavy (non-hydrogen) atoms. The van der Waals surface area contributed by atoms with Crippen molar-refractivity contribution >= 4 is 29.5 Å². The maximum absolute atomic E-state index is 13.7. The van der Waals surface area contributed by atoms with Gasteiger partial charge in [-0.1, -0.05) is 6.08 Å². The quantitative estimate of drug-likeness (QED) is 0.510. The molecular weight excluding hydrogens is 438 g/mol. The van der Waals surface area contributed by atoms with E-state index < -0.39 is 29.8 Å². The monoisotopic (exact) mass is 459 g/mol. The summed E-state index contributed by atoms with van der Waals surface area (Å²) in [5, 5.41) is 5.97. The van der Waals surface area contributed by atoms with Crippen LogP contribution in [0.3, 0.4) is 0 Å². The average Bonchev–Trinajstić information content (AvgIpc) is 3.35. The lowest BCUT2D eigenvalue weighted by Crippen LogP contribution is -2.46. The summed E-state index contributed by atoms with van der Waals surface area (Å²) < 4.78 is 16.4. The first-order chi connectivity index (χ1) is 16.6. The van der Waals surface area contributed by atoms with Crippen LogP contribution in [-0.2, 0) is 9.59 Å². The Morgan fingerprint density at radius 2 is 1.74 bits per heavy atom. The second-order valence-electron chi connectivity index (χ2n) is 8.45. The number of amides is 2. The maximum Gasteiger partial charge on any atom is 0.240 e. The fourth-order valence-electron chi connectivity index (χ4n) is 5.19. The van der Waals surface area contributed by atoms with Gasteiger partial charge in [0.2, 0.25) is 11.8 Å². The number of rotatable bonds is 4. The first-order valence-electron chi connectivity index (χ1n) is 11.0. The molecule has 0 saturated carbocycles. The van der Waals surface area contributed by atoms with E-state index in [2.05, 4.69) is 5.10 Å². The predicted molar refractivity (Wildman–Crippen MR) is 121 cm³/mol. The third kappa shape index (κ3) is 2.93. The summed E-state index contributed by atoms with van der Waals surface area (Å²) in [6, 6.07) is 10.3. The molecule has 2 aromatic carbocycles. The normalized spacial score (nSPS) is 26.5. The molecule has 2 aromatic rings. The smallest absolute Gasteiger partial charge is 0.240 e. The number of nitrogens with zero attached hydrogens (tertiary/aromatic N) is 3. The van der Waals surface area contributed by atoms with E-state index in [1.54, 1.807) is 66.9 Å². The topological polar surface area (TPSA) is 97.7 Å². The number of ether oxygens (including phenoxy) is 3. The number of hydrogen-bond donors (Lipinski definition) is 0. The lowest BCUT2D eigenvalue weighted by molar-refractivity contribution is -0.123. The number of ketones is 1. The Morgan fingerprint density at radius 3 is 2.50 bits per heavy atom. The molecule has 2 saturated heterocycles. The highest BCUT2D eigenvalue weighted by molar-refractivity contribution is 6.24. The molecule has 6 rings (SSSR count). The van der Waals surface area contributed by atoms with Gasteiger partial charge in [0, 0.05) is 17.8 Å². The van der Waals surface area contributed by atoms with Crippen LogP contribution in [0.4, 0.5) is 5.69 Å². The number of hydrazone groups is 1. The molecule has 2 fully saturated rings. The maximum atomic E-state index is 13.7. The Labute approximate surface area is 195 Å². The number of Topliss-reactive ketones (excluding diaryl/α,β-unsaturated/α-hetero) is 1. The number of allylic oxidation sites excluding steroid dienone is 1. The van der Waals surface area contributed by atoms with Gasteiger partial charge >= 0.3 is 0 Å². The van der Waals surface area contributed by atoms with E-state index in [-0.39, 0.29) is 11.7 Å². The number of imide groups is 1. The van der Waals surface area contributed by atoms with Crippen LogP contribution in [0.2, 0.25) is 0 Å². The molecule has 0 aliphatic carbocycles. The van der Waals surface area contributed by atoms with Crippen LogP contribution in [-0.4, -0.2) is 61.2 Å². The number of carbonyl (C=O) groups excluding carboxylic acids is 3. The van der Waals surface area contributed by atoms with Gasteiger partial charge in [-0.2, -0.15) is 5.10 Å². The lowest BCUT2D eigenvalue weighted by Gasteiger charge is -2.30. The van der Waals surface area contributed by atoms with Crippen LogP contribution >= 0.6 is 0 Å². The number of hydrogen-bond acceptors (Lipinski definition) is 8. The van der Waals surface area contributed by atoms with Gasteiger partial charge in [0.05, 0.1) is 30.7 Å². The molecule has 4 aliphatic heterocycles. The molecule has 172 valence electrons. The average molecular weight is 459 g/mol. The molecule has 9 nitrogen and oxygen atoms in total. The molecule has 0 N–H and O–H groups in total. The second kappa shape index (κ2) is 7.72. The minimum atomic E-state index is -0.900. The first kappa shape index (κ1) is 20.5. The van der Waals surface area contributed by atoms with Crippen molar-refractivity contribution in [2.75, 3.05) is 25.2 Å². The largest absolute Gasteiger partial charge is 0.497 e. The molecule has 0 bridgehead atoms. The summed E-state index contributed by atoms with van der Waals surface area (Å²) in [5.74, 6) is -0.951. The van der Waals surface area contributed by atoms with Crippen molar-refractivity contribution in [2.24, 2.45) is 16.9 Å². The van der Waals surface area contributed by atoms with Crippen LogP contribution in [0.25, 0.3) is 0 Å². The zero-order valence-corrected chi connectivity index (χ0v) is 18.3. The van der Waals surface area contributed by atoms with Crippen LogP contribution in [0.5, 0.6) is 17.2 Å². The number of fused-ring (bicyclic) bond motifs is 4. The van der Waals surface area contributed by atoms with Gasteiger partial charge in [0.15, 0.2) is 17.3 Å². The summed E-state index contributed by atoms with van der Waals surface area (Å²) in [6.07, 6.45) is 5.13. The second-order valence-corrected chi connectivity index (χ2v) is 8.45. The van der Waals surface area contributed by atoms with Gasteiger partial charge in [0.1, 0.15) is 25.0 Å². The highest BCUT2D eigenvalue weighted by Gasteiger charge is 2.64. The van der Waals surface area contributed by atoms with Crippen LogP contribution in [0, 0.1) is 11.8 Å². The van der Waals surface area contributed by atoms with E-state index in [1.807, 2.05) is 6.08 Å². The van der Waals surface area contributed by atoms with Crippen molar-refractivity contribution in [3.63, 3.8) is 0 Å². The molecule has 4 atom stereocenters.